The molecule has 30 heavy (non-hydrogen) atoms. The number of aromatic carboxylic acids is 1. The number of nitrogens with one attached hydrogen (secondary N) is 1. The monoisotopic (exact) mass is 462 g/mol. The Kier molecular flexibility index (Phi) is 6.45. The average Bonchev–Trinajstić information content (AvgIpc) is 2.97. The van der Waals surface area contributed by atoms with Crippen LogP contribution in [0.5, 0.6) is 5.75 Å². The predicted molar refractivity (Wildman–Crippen MR) is 120 cm³/mol. The van der Waals surface area contributed by atoms with Crippen molar-refractivity contribution in [3.05, 3.63) is 63.5 Å². The molecule has 0 unspecified atom stereocenters. The van der Waals surface area contributed by atoms with Gasteiger partial charge >= 0.3 is 5.97 Å². The van der Waals surface area contributed by atoms with E-state index in [-0.39, 0.29) is 15.6 Å². The standard InChI is InChI=1S/C20H15ClN2O5S2/c1-10(17(25)22-12-6-7-15(24)13(9-12)19(27)28)23-18(26)16(30-20(23)29)8-11-4-2-3-5-14(11)21/h2-10,24H,1H3,(H,22,25)(H,27,28)/b16-8-/t10-/m0/s1. The number of hydrogen-bond donors (Lipinski definition) is 3. The van der Waals surface area contributed by atoms with E-state index in [1.54, 1.807) is 30.3 Å². The van der Waals surface area contributed by atoms with Gasteiger partial charge in [-0.2, -0.15) is 0 Å². The molecule has 1 saturated heterocycles. The zero-order valence-electron chi connectivity index (χ0n) is 15.5. The predicted octanol–water partition coefficient (Wildman–Crippen LogP) is 3.97. The summed E-state index contributed by atoms with van der Waals surface area (Å²) in [5.41, 5.74) is 0.468. The van der Waals surface area contributed by atoms with Gasteiger partial charge in [-0.15, -0.1) is 0 Å². The molecule has 2 amide bonds. The van der Waals surface area contributed by atoms with E-state index < -0.39 is 29.6 Å². The summed E-state index contributed by atoms with van der Waals surface area (Å²) in [6.07, 6.45) is 1.62. The second-order valence-electron chi connectivity index (χ2n) is 6.28. The lowest BCUT2D eigenvalue weighted by atomic mass is 10.1. The molecule has 1 heterocycles. The van der Waals surface area contributed by atoms with Gasteiger partial charge in [0.25, 0.3) is 5.91 Å². The molecule has 1 aliphatic rings. The largest absolute Gasteiger partial charge is 0.507 e. The van der Waals surface area contributed by atoms with Gasteiger partial charge in [-0.3, -0.25) is 14.5 Å². The number of hydrogen-bond acceptors (Lipinski definition) is 6. The molecule has 2 aromatic carbocycles. The molecule has 1 aliphatic heterocycles. The first-order chi connectivity index (χ1) is 14.2. The Morgan fingerprint density at radius 1 is 1.27 bits per heavy atom. The number of phenols is 1. The third-order valence-corrected chi connectivity index (χ3v) is 5.95. The number of carboxylic acids is 1. The van der Waals surface area contributed by atoms with Crippen molar-refractivity contribution < 1.29 is 24.6 Å². The third kappa shape index (κ3) is 4.48. The first-order valence-corrected chi connectivity index (χ1v) is 10.2. The summed E-state index contributed by atoms with van der Waals surface area (Å²) >= 11 is 12.5. The lowest BCUT2D eigenvalue weighted by Crippen LogP contribution is -2.44. The van der Waals surface area contributed by atoms with Crippen molar-refractivity contribution in [1.82, 2.24) is 4.90 Å². The smallest absolute Gasteiger partial charge is 0.339 e. The zero-order valence-corrected chi connectivity index (χ0v) is 17.8. The number of thiocarbonyl (C=S) groups is 1. The van der Waals surface area contributed by atoms with Crippen LogP contribution in [0, 0.1) is 0 Å². The van der Waals surface area contributed by atoms with E-state index in [1.165, 1.54) is 17.9 Å². The molecule has 10 heteroatoms. The molecule has 3 N–H and O–H groups in total. The van der Waals surface area contributed by atoms with Gasteiger partial charge in [-0.25, -0.2) is 4.79 Å². The summed E-state index contributed by atoms with van der Waals surface area (Å²) in [6.45, 7) is 1.51. The van der Waals surface area contributed by atoms with Crippen molar-refractivity contribution in [2.75, 3.05) is 5.32 Å². The van der Waals surface area contributed by atoms with Crippen LogP contribution in [0.4, 0.5) is 5.69 Å². The number of benzene rings is 2. The molecule has 0 aliphatic carbocycles. The molecule has 2 aromatic rings. The highest BCUT2D eigenvalue weighted by Gasteiger charge is 2.38. The summed E-state index contributed by atoms with van der Waals surface area (Å²) in [4.78, 5) is 38.2. The number of nitrogens with zero attached hydrogens (tertiary/aromatic N) is 1. The first kappa shape index (κ1) is 21.8. The van der Waals surface area contributed by atoms with E-state index in [1.807, 2.05) is 0 Å². The fraction of sp³-hybridized carbons (Fsp3) is 0.100. The number of carbonyl (C=O) groups excluding carboxylic acids is 2. The summed E-state index contributed by atoms with van der Waals surface area (Å²) in [7, 11) is 0. The van der Waals surface area contributed by atoms with Crippen molar-refractivity contribution in [1.29, 1.82) is 0 Å². The van der Waals surface area contributed by atoms with Gasteiger partial charge in [0.05, 0.1) is 4.91 Å². The molecule has 0 saturated carbocycles. The van der Waals surface area contributed by atoms with Gasteiger partial charge in [0.15, 0.2) is 0 Å². The normalized spacial score (nSPS) is 16.1. The SMILES string of the molecule is C[C@@H](C(=O)Nc1ccc(O)c(C(=O)O)c1)N1C(=O)/C(=C/c2ccccc2Cl)SC1=S. The van der Waals surface area contributed by atoms with E-state index in [0.29, 0.717) is 15.5 Å². The Morgan fingerprint density at radius 2 is 1.97 bits per heavy atom. The minimum atomic E-state index is -1.33. The second-order valence-corrected chi connectivity index (χ2v) is 8.36. The average molecular weight is 463 g/mol. The number of carbonyl (C=O) groups is 3. The van der Waals surface area contributed by atoms with Gasteiger partial charge in [0.2, 0.25) is 5.91 Å². The maximum Gasteiger partial charge on any atom is 0.339 e. The first-order valence-electron chi connectivity index (χ1n) is 8.58. The highest BCUT2D eigenvalue weighted by atomic mass is 35.5. The summed E-state index contributed by atoms with van der Waals surface area (Å²) in [5.74, 6) is -2.75. The van der Waals surface area contributed by atoms with Crippen molar-refractivity contribution >= 4 is 69.4 Å². The molecule has 0 spiro atoms. The van der Waals surface area contributed by atoms with Crippen molar-refractivity contribution in [2.24, 2.45) is 0 Å². The van der Waals surface area contributed by atoms with Gasteiger partial charge in [0.1, 0.15) is 21.7 Å². The highest BCUT2D eigenvalue weighted by molar-refractivity contribution is 8.26. The maximum absolute atomic E-state index is 12.8. The Labute approximate surface area is 186 Å². The van der Waals surface area contributed by atoms with Crippen molar-refractivity contribution in [3.63, 3.8) is 0 Å². The third-order valence-electron chi connectivity index (χ3n) is 4.28. The molecule has 7 nitrogen and oxygen atoms in total. The molecule has 154 valence electrons. The summed E-state index contributed by atoms with van der Waals surface area (Å²) < 4.78 is 0.220. The summed E-state index contributed by atoms with van der Waals surface area (Å²) in [6, 6.07) is 9.72. The van der Waals surface area contributed by atoms with Crippen LogP contribution in [0.1, 0.15) is 22.8 Å². The molecule has 3 rings (SSSR count). The Morgan fingerprint density at radius 3 is 2.63 bits per heavy atom. The number of aromatic hydroxyl groups is 1. The van der Waals surface area contributed by atoms with Crippen LogP contribution in [0.2, 0.25) is 5.02 Å². The van der Waals surface area contributed by atoms with Crippen molar-refractivity contribution in [2.45, 2.75) is 13.0 Å². The quantitative estimate of drug-likeness (QED) is 0.350. The number of carboxylic acid groups (broad SMARTS) is 1. The molecule has 0 bridgehead atoms. The number of anilines is 1. The Bertz CT molecular complexity index is 1100. The molecule has 1 atom stereocenters. The van der Waals surface area contributed by atoms with Crippen LogP contribution in [0.3, 0.4) is 0 Å². The van der Waals surface area contributed by atoms with Crippen LogP contribution in [0.15, 0.2) is 47.4 Å². The zero-order chi connectivity index (χ0) is 22.0. The Balaban J connectivity index is 1.79. The highest BCUT2D eigenvalue weighted by Crippen LogP contribution is 2.35. The minimum Gasteiger partial charge on any atom is -0.507 e. The Hall–Kier alpha value is -2.88. The van der Waals surface area contributed by atoms with Crippen LogP contribution in [-0.2, 0) is 9.59 Å². The van der Waals surface area contributed by atoms with E-state index in [4.69, 9.17) is 28.9 Å². The van der Waals surface area contributed by atoms with Gasteiger partial charge in [-0.05, 0) is 42.8 Å². The molecule has 0 aromatic heterocycles. The van der Waals surface area contributed by atoms with E-state index in [2.05, 4.69) is 5.32 Å². The molecular weight excluding hydrogens is 448 g/mol. The fourth-order valence-corrected chi connectivity index (χ4v) is 4.30. The number of thioether (sulfide) groups is 1. The van der Waals surface area contributed by atoms with Crippen molar-refractivity contribution in [3.8, 4) is 5.75 Å². The lowest BCUT2D eigenvalue weighted by molar-refractivity contribution is -0.129. The van der Waals surface area contributed by atoms with Gasteiger partial charge in [-0.1, -0.05) is 53.8 Å². The van der Waals surface area contributed by atoms with Crippen LogP contribution >= 0.6 is 35.6 Å². The molecular formula is C20H15ClN2O5S2. The topological polar surface area (TPSA) is 107 Å². The second kappa shape index (κ2) is 8.86. The van der Waals surface area contributed by atoms with Crippen LogP contribution < -0.4 is 5.32 Å². The molecule has 0 radical (unpaired) electrons. The lowest BCUT2D eigenvalue weighted by Gasteiger charge is -2.22. The number of amides is 2. The maximum atomic E-state index is 12.8. The number of halogens is 1. The van der Waals surface area contributed by atoms with E-state index >= 15 is 0 Å². The minimum absolute atomic E-state index is 0.166. The van der Waals surface area contributed by atoms with E-state index in [0.717, 1.165) is 23.9 Å². The van der Waals surface area contributed by atoms with Gasteiger partial charge < -0.3 is 15.5 Å². The fourth-order valence-electron chi connectivity index (χ4n) is 2.70. The summed E-state index contributed by atoms with van der Waals surface area (Å²) in [5, 5.41) is 21.7. The van der Waals surface area contributed by atoms with E-state index in [9.17, 15) is 19.5 Å². The van der Waals surface area contributed by atoms with Gasteiger partial charge in [0, 0.05) is 10.7 Å². The molecule has 1 fully saturated rings. The van der Waals surface area contributed by atoms with Crippen LogP contribution in [0.25, 0.3) is 6.08 Å². The number of rotatable bonds is 5. The van der Waals surface area contributed by atoms with Crippen LogP contribution in [-0.4, -0.2) is 43.3 Å².